The lowest BCUT2D eigenvalue weighted by Gasteiger charge is -2.26. The van der Waals surface area contributed by atoms with Crippen LogP contribution in [0.3, 0.4) is 0 Å². The van der Waals surface area contributed by atoms with E-state index in [1.807, 2.05) is 49.4 Å². The zero-order valence-corrected chi connectivity index (χ0v) is 24.1. The molecule has 214 valence electrons. The molecule has 42 heavy (non-hydrogen) atoms. The molecule has 0 aliphatic carbocycles. The van der Waals surface area contributed by atoms with Crippen LogP contribution in [0.2, 0.25) is 0 Å². The molecule has 1 unspecified atom stereocenters. The van der Waals surface area contributed by atoms with Crippen LogP contribution in [0, 0.1) is 19.7 Å². The molecule has 0 spiro atoms. The number of nitrogens with zero attached hydrogens (tertiary/aromatic N) is 2. The Labute approximate surface area is 244 Å². The first-order chi connectivity index (χ1) is 20.2. The maximum absolute atomic E-state index is 14.1. The van der Waals surface area contributed by atoms with Gasteiger partial charge in [0.2, 0.25) is 6.41 Å². The van der Waals surface area contributed by atoms with Crippen LogP contribution < -0.4 is 4.74 Å². The summed E-state index contributed by atoms with van der Waals surface area (Å²) in [6, 6.07) is 25.4. The summed E-state index contributed by atoms with van der Waals surface area (Å²) in [5, 5.41) is 10.7. The van der Waals surface area contributed by atoms with Crippen LogP contribution >= 0.6 is 0 Å². The minimum atomic E-state index is -0.945. The SMILES string of the molecule is COc1cc(F)cc(C(C)N(C=O)Cc2ccc3c(c2)c(C)c(C)n3Cc2ccc(-c3ccccc3C(=O)O)cc2)c1. The van der Waals surface area contributed by atoms with Crippen molar-refractivity contribution in [3.63, 3.8) is 0 Å². The molecule has 1 heterocycles. The van der Waals surface area contributed by atoms with Crippen LogP contribution in [0.5, 0.6) is 5.75 Å². The quantitative estimate of drug-likeness (QED) is 0.178. The van der Waals surface area contributed by atoms with E-state index in [4.69, 9.17) is 4.74 Å². The van der Waals surface area contributed by atoms with Crippen LogP contribution in [0.25, 0.3) is 22.0 Å². The predicted octanol–water partition coefficient (Wildman–Crippen LogP) is 7.54. The van der Waals surface area contributed by atoms with E-state index in [2.05, 4.69) is 30.5 Å². The van der Waals surface area contributed by atoms with E-state index in [1.54, 1.807) is 23.1 Å². The molecule has 0 fully saturated rings. The molecule has 1 atom stereocenters. The zero-order valence-electron chi connectivity index (χ0n) is 24.1. The molecule has 1 aromatic heterocycles. The van der Waals surface area contributed by atoms with Gasteiger partial charge in [-0.05, 0) is 84.5 Å². The summed E-state index contributed by atoms with van der Waals surface area (Å²) < 4.78 is 21.6. The Kier molecular flexibility index (Phi) is 8.11. The first-order valence-electron chi connectivity index (χ1n) is 13.8. The van der Waals surface area contributed by atoms with Crippen molar-refractivity contribution in [2.24, 2.45) is 0 Å². The monoisotopic (exact) mass is 564 g/mol. The Balaban J connectivity index is 1.39. The first kappa shape index (κ1) is 28.6. The fourth-order valence-electron chi connectivity index (χ4n) is 5.50. The minimum absolute atomic E-state index is 0.280. The minimum Gasteiger partial charge on any atom is -0.497 e. The number of hydrogen-bond donors (Lipinski definition) is 1. The molecule has 7 heteroatoms. The van der Waals surface area contributed by atoms with Gasteiger partial charge in [0, 0.05) is 35.8 Å². The van der Waals surface area contributed by atoms with Crippen molar-refractivity contribution < 1.29 is 23.8 Å². The highest BCUT2D eigenvalue weighted by Gasteiger charge is 2.18. The molecule has 0 aliphatic heterocycles. The third kappa shape index (κ3) is 5.63. The van der Waals surface area contributed by atoms with E-state index in [9.17, 15) is 19.1 Å². The van der Waals surface area contributed by atoms with Crippen molar-refractivity contribution in [2.75, 3.05) is 7.11 Å². The van der Waals surface area contributed by atoms with Gasteiger partial charge in [-0.15, -0.1) is 0 Å². The first-order valence-corrected chi connectivity index (χ1v) is 13.8. The van der Waals surface area contributed by atoms with Gasteiger partial charge in [0.05, 0.1) is 18.7 Å². The standard InChI is InChI=1S/C35H33FN2O4/c1-22-23(2)38(20-25-9-12-27(13-10-25)31-7-5-6-8-32(31)35(40)41)34-14-11-26(15-33(22)34)19-37(21-39)24(3)28-16-29(36)18-30(17-28)42-4/h5-18,21,24H,19-20H2,1-4H3,(H,40,41). The van der Waals surface area contributed by atoms with Gasteiger partial charge in [-0.25, -0.2) is 9.18 Å². The number of carboxylic acid groups (broad SMARTS) is 1. The van der Waals surface area contributed by atoms with Gasteiger partial charge in [-0.2, -0.15) is 0 Å². The Hall–Kier alpha value is -4.91. The Morgan fingerprint density at radius 3 is 2.40 bits per heavy atom. The van der Waals surface area contributed by atoms with Crippen molar-refractivity contribution in [1.29, 1.82) is 0 Å². The van der Waals surface area contributed by atoms with Gasteiger partial charge in [0.1, 0.15) is 11.6 Å². The zero-order chi connectivity index (χ0) is 30.0. The number of ether oxygens (including phenoxy) is 1. The number of carbonyl (C=O) groups excluding carboxylic acids is 1. The highest BCUT2D eigenvalue weighted by Crippen LogP contribution is 2.31. The molecule has 0 bridgehead atoms. The molecule has 0 radical (unpaired) electrons. The topological polar surface area (TPSA) is 71.8 Å². The van der Waals surface area contributed by atoms with Gasteiger partial charge in [-0.1, -0.05) is 48.5 Å². The van der Waals surface area contributed by atoms with E-state index >= 15 is 0 Å². The number of benzene rings is 4. The molecule has 6 nitrogen and oxygen atoms in total. The van der Waals surface area contributed by atoms with E-state index in [0.29, 0.717) is 30.0 Å². The lowest BCUT2D eigenvalue weighted by atomic mass is 9.99. The van der Waals surface area contributed by atoms with E-state index in [1.165, 1.54) is 24.8 Å². The van der Waals surface area contributed by atoms with Gasteiger partial charge >= 0.3 is 5.97 Å². The Morgan fingerprint density at radius 1 is 1.00 bits per heavy atom. The number of amides is 1. The average Bonchev–Trinajstić information content (AvgIpc) is 3.23. The molecule has 5 aromatic rings. The molecule has 1 N–H and O–H groups in total. The maximum atomic E-state index is 14.1. The van der Waals surface area contributed by atoms with Crippen molar-refractivity contribution in [3.8, 4) is 16.9 Å². The average molecular weight is 565 g/mol. The number of halogens is 1. The van der Waals surface area contributed by atoms with Crippen molar-refractivity contribution in [2.45, 2.75) is 39.9 Å². The van der Waals surface area contributed by atoms with Crippen LogP contribution in [0.1, 0.15) is 51.3 Å². The number of methoxy groups -OCH3 is 1. The Morgan fingerprint density at radius 2 is 1.71 bits per heavy atom. The maximum Gasteiger partial charge on any atom is 0.336 e. The number of aryl methyl sites for hydroxylation is 1. The summed E-state index contributed by atoms with van der Waals surface area (Å²) >= 11 is 0. The molecule has 0 aliphatic rings. The third-order valence-electron chi connectivity index (χ3n) is 8.08. The highest BCUT2D eigenvalue weighted by atomic mass is 19.1. The number of aromatic nitrogens is 1. The van der Waals surface area contributed by atoms with E-state index in [0.717, 1.165) is 39.7 Å². The molecule has 0 saturated heterocycles. The molecule has 5 rings (SSSR count). The molecular weight excluding hydrogens is 531 g/mol. The van der Waals surface area contributed by atoms with Crippen LogP contribution in [0.4, 0.5) is 4.39 Å². The summed E-state index contributed by atoms with van der Waals surface area (Å²) in [6.45, 7) is 7.11. The fraction of sp³-hybridized carbons (Fsp3) is 0.200. The second-order valence-corrected chi connectivity index (χ2v) is 10.6. The van der Waals surface area contributed by atoms with Gasteiger partial charge < -0.3 is 19.3 Å². The lowest BCUT2D eigenvalue weighted by molar-refractivity contribution is -0.120. The molecule has 0 saturated carbocycles. The van der Waals surface area contributed by atoms with Crippen molar-refractivity contribution >= 4 is 23.3 Å². The van der Waals surface area contributed by atoms with Crippen molar-refractivity contribution in [3.05, 3.63) is 124 Å². The van der Waals surface area contributed by atoms with Crippen molar-refractivity contribution in [1.82, 2.24) is 9.47 Å². The predicted molar refractivity (Wildman–Crippen MR) is 162 cm³/mol. The summed E-state index contributed by atoms with van der Waals surface area (Å²) in [5.41, 5.74) is 7.98. The number of carbonyl (C=O) groups is 2. The van der Waals surface area contributed by atoms with E-state index in [-0.39, 0.29) is 11.6 Å². The summed E-state index contributed by atoms with van der Waals surface area (Å²) in [4.78, 5) is 25.4. The largest absolute Gasteiger partial charge is 0.497 e. The molecule has 4 aromatic carbocycles. The number of carboxylic acids is 1. The lowest BCUT2D eigenvalue weighted by Crippen LogP contribution is -2.25. The number of aromatic carboxylic acids is 1. The normalized spacial score (nSPS) is 11.8. The second kappa shape index (κ2) is 11.9. The number of fused-ring (bicyclic) bond motifs is 1. The summed E-state index contributed by atoms with van der Waals surface area (Å²) in [5.74, 6) is -0.939. The number of hydrogen-bond acceptors (Lipinski definition) is 3. The van der Waals surface area contributed by atoms with Crippen LogP contribution in [-0.4, -0.2) is 34.1 Å². The van der Waals surface area contributed by atoms with E-state index < -0.39 is 11.8 Å². The number of rotatable bonds is 10. The van der Waals surface area contributed by atoms with Crippen LogP contribution in [0.15, 0.2) is 84.9 Å². The Bertz CT molecular complexity index is 1770. The summed E-state index contributed by atoms with van der Waals surface area (Å²) in [7, 11) is 1.49. The van der Waals surface area contributed by atoms with Gasteiger partial charge in [-0.3, -0.25) is 4.79 Å². The van der Waals surface area contributed by atoms with Gasteiger partial charge in [0.15, 0.2) is 0 Å². The molecule has 1 amide bonds. The fourth-order valence-corrected chi connectivity index (χ4v) is 5.50. The highest BCUT2D eigenvalue weighted by molar-refractivity contribution is 5.96. The van der Waals surface area contributed by atoms with Crippen LogP contribution in [-0.2, 0) is 17.9 Å². The smallest absolute Gasteiger partial charge is 0.336 e. The van der Waals surface area contributed by atoms with Gasteiger partial charge in [0.25, 0.3) is 0 Å². The molecular formula is C35H33FN2O4. The third-order valence-corrected chi connectivity index (χ3v) is 8.08. The summed E-state index contributed by atoms with van der Waals surface area (Å²) in [6.07, 6.45) is 0.800. The second-order valence-electron chi connectivity index (χ2n) is 10.6.